The summed E-state index contributed by atoms with van der Waals surface area (Å²) >= 11 is 0. The largest absolute Gasteiger partial charge is 0.494 e. The van der Waals surface area contributed by atoms with E-state index in [9.17, 15) is 9.18 Å². The fourth-order valence-corrected chi connectivity index (χ4v) is 3.24. The van der Waals surface area contributed by atoms with E-state index in [-0.39, 0.29) is 11.7 Å². The number of rotatable bonds is 3. The van der Waals surface area contributed by atoms with Crippen LogP contribution >= 0.6 is 0 Å². The van der Waals surface area contributed by atoms with Gasteiger partial charge in [-0.1, -0.05) is 6.42 Å². The van der Waals surface area contributed by atoms with Crippen molar-refractivity contribution in [2.24, 2.45) is 0 Å². The third kappa shape index (κ3) is 3.09. The molecule has 0 aromatic heterocycles. The molecule has 120 valence electrons. The molecule has 0 spiro atoms. The topological polar surface area (TPSA) is 32.8 Å². The first kappa shape index (κ1) is 15.3. The molecule has 1 heterocycles. The number of ether oxygens (including phenoxy) is 1. The van der Waals surface area contributed by atoms with Gasteiger partial charge in [-0.15, -0.1) is 0 Å². The molecule has 1 saturated heterocycles. The highest BCUT2D eigenvalue weighted by atomic mass is 19.1. The Labute approximate surface area is 130 Å². The Hall–Kier alpha value is -1.62. The third-order valence-corrected chi connectivity index (χ3v) is 4.81. The van der Waals surface area contributed by atoms with Gasteiger partial charge in [-0.3, -0.25) is 9.69 Å². The van der Waals surface area contributed by atoms with Crippen molar-refractivity contribution < 1.29 is 13.9 Å². The monoisotopic (exact) mass is 306 g/mol. The predicted octanol–water partition coefficient (Wildman–Crippen LogP) is 2.53. The molecule has 2 fully saturated rings. The Morgan fingerprint density at radius 3 is 2.64 bits per heavy atom. The summed E-state index contributed by atoms with van der Waals surface area (Å²) in [6.07, 6.45) is 4.89. The van der Waals surface area contributed by atoms with Crippen LogP contribution in [0.25, 0.3) is 0 Å². The molecule has 22 heavy (non-hydrogen) atoms. The summed E-state index contributed by atoms with van der Waals surface area (Å²) in [4.78, 5) is 16.9. The molecule has 2 aliphatic rings. The fraction of sp³-hybridized carbons (Fsp3) is 0.588. The Balaban J connectivity index is 1.65. The minimum Gasteiger partial charge on any atom is -0.494 e. The van der Waals surface area contributed by atoms with Gasteiger partial charge in [0.2, 0.25) is 0 Å². The highest BCUT2D eigenvalue weighted by Crippen LogP contribution is 2.26. The number of benzene rings is 1. The number of amides is 1. The fourth-order valence-electron chi connectivity index (χ4n) is 3.24. The van der Waals surface area contributed by atoms with Crippen molar-refractivity contribution in [2.75, 3.05) is 33.3 Å². The molecule has 1 aliphatic heterocycles. The molecule has 0 radical (unpaired) electrons. The molecule has 5 heteroatoms. The lowest BCUT2D eigenvalue weighted by Crippen LogP contribution is -2.42. The highest BCUT2D eigenvalue weighted by Gasteiger charge is 2.28. The van der Waals surface area contributed by atoms with Gasteiger partial charge in [0.15, 0.2) is 11.6 Å². The second kappa shape index (κ2) is 6.65. The van der Waals surface area contributed by atoms with E-state index in [0.29, 0.717) is 11.6 Å². The lowest BCUT2D eigenvalue weighted by Gasteiger charge is -2.36. The van der Waals surface area contributed by atoms with Crippen LogP contribution in [0.3, 0.4) is 0 Å². The number of carbonyl (C=O) groups is 1. The van der Waals surface area contributed by atoms with E-state index in [1.807, 2.05) is 4.90 Å². The van der Waals surface area contributed by atoms with Crippen molar-refractivity contribution >= 4 is 5.91 Å². The second-order valence-electron chi connectivity index (χ2n) is 6.12. The molecular formula is C17H23FN2O2. The van der Waals surface area contributed by atoms with Gasteiger partial charge >= 0.3 is 0 Å². The molecular weight excluding hydrogens is 283 g/mol. The summed E-state index contributed by atoms with van der Waals surface area (Å²) in [5.74, 6) is -0.403. The number of hydrogen-bond donors (Lipinski definition) is 0. The Kier molecular flexibility index (Phi) is 4.62. The molecule has 1 aromatic rings. The lowest BCUT2D eigenvalue weighted by atomic mass is 9.91. The first-order valence-corrected chi connectivity index (χ1v) is 8.06. The molecule has 1 amide bonds. The summed E-state index contributed by atoms with van der Waals surface area (Å²) in [7, 11) is 1.42. The van der Waals surface area contributed by atoms with E-state index in [2.05, 4.69) is 4.90 Å². The highest BCUT2D eigenvalue weighted by molar-refractivity contribution is 5.94. The first-order valence-electron chi connectivity index (χ1n) is 8.06. The van der Waals surface area contributed by atoms with Crippen LogP contribution in [0.2, 0.25) is 0 Å². The van der Waals surface area contributed by atoms with Gasteiger partial charge in [0, 0.05) is 37.8 Å². The summed E-state index contributed by atoms with van der Waals surface area (Å²) in [6.45, 7) is 3.46. The molecule has 0 N–H and O–H groups in total. The van der Waals surface area contributed by atoms with Crippen LogP contribution < -0.4 is 4.74 Å². The number of hydrogen-bond acceptors (Lipinski definition) is 3. The van der Waals surface area contributed by atoms with Crippen molar-refractivity contribution in [2.45, 2.75) is 31.7 Å². The van der Waals surface area contributed by atoms with E-state index in [1.165, 1.54) is 38.5 Å². The van der Waals surface area contributed by atoms with Gasteiger partial charge in [-0.25, -0.2) is 4.39 Å². The van der Waals surface area contributed by atoms with Crippen molar-refractivity contribution in [3.05, 3.63) is 29.6 Å². The molecule has 4 nitrogen and oxygen atoms in total. The zero-order valence-electron chi connectivity index (χ0n) is 13.1. The Morgan fingerprint density at radius 2 is 2.00 bits per heavy atom. The smallest absolute Gasteiger partial charge is 0.254 e. The summed E-state index contributed by atoms with van der Waals surface area (Å²) in [5, 5.41) is 0. The van der Waals surface area contributed by atoms with Crippen LogP contribution in [0.15, 0.2) is 18.2 Å². The number of nitrogens with zero attached hydrogens (tertiary/aromatic N) is 2. The van der Waals surface area contributed by atoms with Crippen molar-refractivity contribution in [3.8, 4) is 5.75 Å². The van der Waals surface area contributed by atoms with Gasteiger partial charge in [0.25, 0.3) is 5.91 Å². The zero-order chi connectivity index (χ0) is 15.5. The maximum atomic E-state index is 13.8. The maximum absolute atomic E-state index is 13.8. The van der Waals surface area contributed by atoms with Crippen LogP contribution in [0.1, 0.15) is 36.0 Å². The van der Waals surface area contributed by atoms with Crippen LogP contribution in [0, 0.1) is 5.82 Å². The molecule has 0 bridgehead atoms. The average molecular weight is 306 g/mol. The van der Waals surface area contributed by atoms with Gasteiger partial charge in [-0.2, -0.15) is 0 Å². The molecule has 1 saturated carbocycles. The maximum Gasteiger partial charge on any atom is 0.254 e. The quantitative estimate of drug-likeness (QED) is 0.860. The van der Waals surface area contributed by atoms with E-state index in [1.54, 1.807) is 6.07 Å². The SMILES string of the molecule is COc1ccc(C(=O)N2CCCN(C3CCC3)CC2)cc1F. The van der Waals surface area contributed by atoms with Crippen LogP contribution in [0.5, 0.6) is 5.75 Å². The van der Waals surface area contributed by atoms with Crippen LogP contribution in [-0.2, 0) is 0 Å². The van der Waals surface area contributed by atoms with Crippen molar-refractivity contribution in [1.29, 1.82) is 0 Å². The molecule has 1 aromatic carbocycles. The third-order valence-electron chi connectivity index (χ3n) is 4.81. The zero-order valence-corrected chi connectivity index (χ0v) is 13.1. The van der Waals surface area contributed by atoms with E-state index in [4.69, 9.17) is 4.74 Å². The minimum atomic E-state index is -0.487. The van der Waals surface area contributed by atoms with Crippen molar-refractivity contribution in [1.82, 2.24) is 9.80 Å². The normalized spacial score (nSPS) is 20.4. The Bertz CT molecular complexity index is 545. The molecule has 0 atom stereocenters. The number of carbonyl (C=O) groups excluding carboxylic acids is 1. The molecule has 3 rings (SSSR count). The van der Waals surface area contributed by atoms with Crippen molar-refractivity contribution in [3.63, 3.8) is 0 Å². The minimum absolute atomic E-state index is 0.0861. The van der Waals surface area contributed by atoms with E-state index in [0.717, 1.165) is 32.6 Å². The predicted molar refractivity (Wildman–Crippen MR) is 82.7 cm³/mol. The number of halogens is 1. The van der Waals surface area contributed by atoms with Gasteiger partial charge in [0.05, 0.1) is 7.11 Å². The molecule has 0 unspecified atom stereocenters. The molecule has 1 aliphatic carbocycles. The van der Waals surface area contributed by atoms with E-state index < -0.39 is 5.82 Å². The van der Waals surface area contributed by atoms with Gasteiger partial charge in [0.1, 0.15) is 0 Å². The van der Waals surface area contributed by atoms with Gasteiger partial charge in [-0.05, 0) is 37.5 Å². The average Bonchev–Trinajstić information content (AvgIpc) is 2.71. The number of methoxy groups -OCH3 is 1. The van der Waals surface area contributed by atoms with Crippen LogP contribution in [-0.4, -0.2) is 55.0 Å². The first-order chi connectivity index (χ1) is 10.7. The summed E-state index contributed by atoms with van der Waals surface area (Å²) in [6, 6.07) is 5.14. The second-order valence-corrected chi connectivity index (χ2v) is 6.12. The summed E-state index contributed by atoms with van der Waals surface area (Å²) < 4.78 is 18.7. The van der Waals surface area contributed by atoms with E-state index >= 15 is 0 Å². The summed E-state index contributed by atoms with van der Waals surface area (Å²) in [5.41, 5.74) is 0.399. The van der Waals surface area contributed by atoms with Gasteiger partial charge < -0.3 is 9.64 Å². The standard InChI is InChI=1S/C17H23FN2O2/c1-22-16-7-6-13(12-15(16)18)17(21)20-9-3-8-19(10-11-20)14-4-2-5-14/h6-7,12,14H,2-5,8-11H2,1H3. The lowest BCUT2D eigenvalue weighted by molar-refractivity contribution is 0.0749. The van der Waals surface area contributed by atoms with Crippen LogP contribution in [0.4, 0.5) is 4.39 Å². The Morgan fingerprint density at radius 1 is 1.18 bits per heavy atom.